The Kier molecular flexibility index (Phi) is 3.31. The zero-order chi connectivity index (χ0) is 9.84. The van der Waals surface area contributed by atoms with Gasteiger partial charge in [-0.1, -0.05) is 0 Å². The van der Waals surface area contributed by atoms with Crippen LogP contribution < -0.4 is 5.73 Å². The van der Waals surface area contributed by atoms with Crippen molar-refractivity contribution >= 4 is 5.82 Å². The summed E-state index contributed by atoms with van der Waals surface area (Å²) in [7, 11) is 4.15. The second-order valence-electron chi connectivity index (χ2n) is 3.59. The van der Waals surface area contributed by atoms with Crippen LogP contribution in [0.15, 0.2) is 6.07 Å². The molecule has 0 atom stereocenters. The number of nitrogens with zero attached hydrogens (tertiary/aromatic N) is 3. The molecule has 0 bridgehead atoms. The first-order valence-corrected chi connectivity index (χ1v) is 4.54. The highest BCUT2D eigenvalue weighted by molar-refractivity contribution is 5.28. The van der Waals surface area contributed by atoms with Gasteiger partial charge < -0.3 is 10.6 Å². The number of rotatable bonds is 4. The maximum absolute atomic E-state index is 5.57. The van der Waals surface area contributed by atoms with Gasteiger partial charge in [-0.15, -0.1) is 0 Å². The van der Waals surface area contributed by atoms with Crippen molar-refractivity contribution in [2.75, 3.05) is 26.4 Å². The molecule has 2 N–H and O–H groups in total. The average Bonchev–Trinajstić information content (AvgIpc) is 2.29. The molecule has 1 aromatic heterocycles. The molecule has 0 saturated carbocycles. The van der Waals surface area contributed by atoms with Crippen LogP contribution in [0.1, 0.15) is 12.1 Å². The van der Waals surface area contributed by atoms with Crippen molar-refractivity contribution in [3.63, 3.8) is 0 Å². The van der Waals surface area contributed by atoms with Gasteiger partial charge in [0.1, 0.15) is 5.82 Å². The molecule has 4 nitrogen and oxygen atoms in total. The summed E-state index contributed by atoms with van der Waals surface area (Å²) in [6.07, 6.45) is 1.11. The van der Waals surface area contributed by atoms with E-state index in [1.807, 2.05) is 17.7 Å². The molecule has 0 amide bonds. The molecule has 0 unspecified atom stereocenters. The number of aryl methyl sites for hydroxylation is 2. The first-order chi connectivity index (χ1) is 6.09. The zero-order valence-corrected chi connectivity index (χ0v) is 8.62. The first-order valence-electron chi connectivity index (χ1n) is 4.54. The minimum Gasteiger partial charge on any atom is -0.382 e. The molecule has 4 heteroatoms. The minimum absolute atomic E-state index is 0.613. The third kappa shape index (κ3) is 3.06. The van der Waals surface area contributed by atoms with E-state index in [9.17, 15) is 0 Å². The van der Waals surface area contributed by atoms with Crippen LogP contribution in [-0.4, -0.2) is 35.3 Å². The smallest absolute Gasteiger partial charge is 0.145 e. The van der Waals surface area contributed by atoms with Gasteiger partial charge in [0.25, 0.3) is 0 Å². The Bertz CT molecular complexity index is 265. The summed E-state index contributed by atoms with van der Waals surface area (Å²) < 4.78 is 1.96. The zero-order valence-electron chi connectivity index (χ0n) is 8.62. The van der Waals surface area contributed by atoms with Crippen molar-refractivity contribution in [1.82, 2.24) is 14.7 Å². The van der Waals surface area contributed by atoms with Crippen molar-refractivity contribution in [2.24, 2.45) is 0 Å². The van der Waals surface area contributed by atoms with E-state index < -0.39 is 0 Å². The Hall–Kier alpha value is -1.03. The van der Waals surface area contributed by atoms with Gasteiger partial charge in [-0.3, -0.25) is 4.68 Å². The van der Waals surface area contributed by atoms with Crippen LogP contribution in [0.4, 0.5) is 5.82 Å². The van der Waals surface area contributed by atoms with E-state index in [0.29, 0.717) is 5.82 Å². The highest BCUT2D eigenvalue weighted by Gasteiger charge is 2.00. The maximum atomic E-state index is 5.57. The molecule has 0 aliphatic heterocycles. The molecular weight excluding hydrogens is 164 g/mol. The standard InChI is InChI=1S/C9H18N4/c1-8-7-9(10)11-13(8)6-4-5-12(2)3/h7H,4-6H2,1-3H3,(H2,10,11). The fraction of sp³-hybridized carbons (Fsp3) is 0.667. The summed E-state index contributed by atoms with van der Waals surface area (Å²) in [5.74, 6) is 0.613. The quantitative estimate of drug-likeness (QED) is 0.746. The van der Waals surface area contributed by atoms with Gasteiger partial charge in [-0.2, -0.15) is 5.10 Å². The Morgan fingerprint density at radius 2 is 2.23 bits per heavy atom. The number of hydrogen-bond acceptors (Lipinski definition) is 3. The predicted molar refractivity (Wildman–Crippen MR) is 54.5 cm³/mol. The lowest BCUT2D eigenvalue weighted by Crippen LogP contribution is -2.15. The maximum Gasteiger partial charge on any atom is 0.145 e. The molecule has 1 aromatic rings. The molecule has 0 spiro atoms. The molecule has 0 radical (unpaired) electrons. The summed E-state index contributed by atoms with van der Waals surface area (Å²) in [6, 6.07) is 1.90. The monoisotopic (exact) mass is 182 g/mol. The lowest BCUT2D eigenvalue weighted by molar-refractivity contribution is 0.379. The van der Waals surface area contributed by atoms with E-state index in [2.05, 4.69) is 24.1 Å². The first kappa shape index (κ1) is 10.1. The summed E-state index contributed by atoms with van der Waals surface area (Å²) in [5.41, 5.74) is 6.70. The fourth-order valence-corrected chi connectivity index (χ4v) is 1.30. The molecule has 0 aliphatic carbocycles. The van der Waals surface area contributed by atoms with Gasteiger partial charge in [-0.25, -0.2) is 0 Å². The summed E-state index contributed by atoms with van der Waals surface area (Å²) in [6.45, 7) is 4.05. The molecule has 13 heavy (non-hydrogen) atoms. The van der Waals surface area contributed by atoms with Crippen LogP contribution in [0.3, 0.4) is 0 Å². The molecule has 1 rings (SSSR count). The van der Waals surface area contributed by atoms with Crippen LogP contribution in [0, 0.1) is 6.92 Å². The van der Waals surface area contributed by atoms with Crippen molar-refractivity contribution < 1.29 is 0 Å². The van der Waals surface area contributed by atoms with E-state index in [1.54, 1.807) is 0 Å². The van der Waals surface area contributed by atoms with Crippen LogP contribution >= 0.6 is 0 Å². The number of hydrogen-bond donors (Lipinski definition) is 1. The SMILES string of the molecule is Cc1cc(N)nn1CCCN(C)C. The second kappa shape index (κ2) is 4.28. The molecule has 74 valence electrons. The Labute approximate surface area is 79.3 Å². The molecule has 1 heterocycles. The number of anilines is 1. The van der Waals surface area contributed by atoms with Crippen LogP contribution in [0.2, 0.25) is 0 Å². The van der Waals surface area contributed by atoms with Crippen LogP contribution in [0.5, 0.6) is 0 Å². The fourth-order valence-electron chi connectivity index (χ4n) is 1.30. The van der Waals surface area contributed by atoms with E-state index in [-0.39, 0.29) is 0 Å². The molecular formula is C9H18N4. The van der Waals surface area contributed by atoms with Crippen molar-refractivity contribution in [1.29, 1.82) is 0 Å². The van der Waals surface area contributed by atoms with Gasteiger partial charge in [0.15, 0.2) is 0 Å². The minimum atomic E-state index is 0.613. The molecule has 0 aliphatic rings. The summed E-state index contributed by atoms with van der Waals surface area (Å²) in [5, 5.41) is 4.18. The van der Waals surface area contributed by atoms with E-state index in [1.165, 1.54) is 0 Å². The van der Waals surface area contributed by atoms with E-state index >= 15 is 0 Å². The van der Waals surface area contributed by atoms with Gasteiger partial charge in [0.2, 0.25) is 0 Å². The second-order valence-corrected chi connectivity index (χ2v) is 3.59. The highest BCUT2D eigenvalue weighted by Crippen LogP contribution is 2.04. The number of aromatic nitrogens is 2. The van der Waals surface area contributed by atoms with Crippen LogP contribution in [-0.2, 0) is 6.54 Å². The van der Waals surface area contributed by atoms with E-state index in [0.717, 1.165) is 25.2 Å². The topological polar surface area (TPSA) is 47.1 Å². The summed E-state index contributed by atoms with van der Waals surface area (Å²) >= 11 is 0. The van der Waals surface area contributed by atoms with E-state index in [4.69, 9.17) is 5.73 Å². The van der Waals surface area contributed by atoms with Gasteiger partial charge in [-0.05, 0) is 34.0 Å². The van der Waals surface area contributed by atoms with Gasteiger partial charge >= 0.3 is 0 Å². The molecule has 0 fully saturated rings. The predicted octanol–water partition coefficient (Wildman–Crippen LogP) is 0.725. The lowest BCUT2D eigenvalue weighted by Gasteiger charge is -2.09. The molecule has 0 saturated heterocycles. The van der Waals surface area contributed by atoms with Crippen LogP contribution in [0.25, 0.3) is 0 Å². The number of nitrogens with two attached hydrogens (primary N) is 1. The van der Waals surface area contributed by atoms with Crippen molar-refractivity contribution in [2.45, 2.75) is 19.9 Å². The Balaban J connectivity index is 2.40. The normalized spacial score (nSPS) is 11.1. The van der Waals surface area contributed by atoms with Gasteiger partial charge in [0.05, 0.1) is 0 Å². The van der Waals surface area contributed by atoms with Crippen molar-refractivity contribution in [3.8, 4) is 0 Å². The summed E-state index contributed by atoms with van der Waals surface area (Å²) in [4.78, 5) is 2.17. The average molecular weight is 182 g/mol. The molecule has 0 aromatic carbocycles. The Morgan fingerprint density at radius 3 is 2.69 bits per heavy atom. The third-order valence-electron chi connectivity index (χ3n) is 1.98. The van der Waals surface area contributed by atoms with Crippen molar-refractivity contribution in [3.05, 3.63) is 11.8 Å². The number of nitrogen functional groups attached to an aromatic ring is 1. The highest BCUT2D eigenvalue weighted by atomic mass is 15.3. The Morgan fingerprint density at radius 1 is 1.54 bits per heavy atom. The largest absolute Gasteiger partial charge is 0.382 e. The van der Waals surface area contributed by atoms with Gasteiger partial charge in [0, 0.05) is 18.3 Å². The third-order valence-corrected chi connectivity index (χ3v) is 1.98. The lowest BCUT2D eigenvalue weighted by atomic mass is 10.4.